The van der Waals surface area contributed by atoms with E-state index in [1.54, 1.807) is 12.1 Å². The average Bonchev–Trinajstić information content (AvgIpc) is 2.47. The highest BCUT2D eigenvalue weighted by molar-refractivity contribution is 5.75. The van der Waals surface area contributed by atoms with Gasteiger partial charge in [0, 0.05) is 12.1 Å². The Labute approximate surface area is 121 Å². The van der Waals surface area contributed by atoms with Crippen molar-refractivity contribution in [2.75, 3.05) is 26.2 Å². The average molecular weight is 275 g/mol. The van der Waals surface area contributed by atoms with Crippen molar-refractivity contribution in [1.29, 1.82) is 0 Å². The number of aldehydes is 1. The van der Waals surface area contributed by atoms with Crippen LogP contribution in [-0.4, -0.2) is 37.4 Å². The summed E-state index contributed by atoms with van der Waals surface area (Å²) in [4.78, 5) is 13.2. The van der Waals surface area contributed by atoms with E-state index >= 15 is 0 Å². The van der Waals surface area contributed by atoms with Gasteiger partial charge in [-0.15, -0.1) is 0 Å². The standard InChI is InChI=1S/C17H25NO2/c1-15-6-5-10-18(13-15)9-2-3-11-20-17-8-4-7-16(12-17)14-19/h4,7-8,12,14-15H,2-3,5-6,9-11,13H2,1H3/t15-/m0/s1. The van der Waals surface area contributed by atoms with E-state index in [1.807, 2.05) is 12.1 Å². The molecule has 0 aromatic heterocycles. The molecular formula is C17H25NO2. The quantitative estimate of drug-likeness (QED) is 0.564. The second-order valence-corrected chi connectivity index (χ2v) is 5.79. The summed E-state index contributed by atoms with van der Waals surface area (Å²) in [5.41, 5.74) is 0.671. The molecule has 0 aliphatic carbocycles. The minimum Gasteiger partial charge on any atom is -0.494 e. The first-order valence-corrected chi connectivity index (χ1v) is 7.68. The van der Waals surface area contributed by atoms with Crippen LogP contribution < -0.4 is 4.74 Å². The molecule has 3 nitrogen and oxygen atoms in total. The predicted octanol–water partition coefficient (Wildman–Crippen LogP) is 3.39. The fraction of sp³-hybridized carbons (Fsp3) is 0.588. The van der Waals surface area contributed by atoms with Crippen molar-refractivity contribution in [2.24, 2.45) is 5.92 Å². The van der Waals surface area contributed by atoms with Crippen LogP contribution >= 0.6 is 0 Å². The molecule has 0 unspecified atom stereocenters. The van der Waals surface area contributed by atoms with Crippen molar-refractivity contribution >= 4 is 6.29 Å². The SMILES string of the molecule is C[C@H]1CCCN(CCCCOc2cccc(C=O)c2)C1. The summed E-state index contributed by atoms with van der Waals surface area (Å²) >= 11 is 0. The Kier molecular flexibility index (Phi) is 6.06. The van der Waals surface area contributed by atoms with Crippen LogP contribution in [0.25, 0.3) is 0 Å². The fourth-order valence-electron chi connectivity index (χ4n) is 2.79. The van der Waals surface area contributed by atoms with E-state index in [0.29, 0.717) is 5.56 Å². The van der Waals surface area contributed by atoms with Gasteiger partial charge in [0.2, 0.25) is 0 Å². The molecule has 0 radical (unpaired) electrons. The summed E-state index contributed by atoms with van der Waals surface area (Å²) in [6.07, 6.45) is 5.82. The molecule has 1 aromatic rings. The number of hydrogen-bond donors (Lipinski definition) is 0. The third kappa shape index (κ3) is 4.97. The first kappa shape index (κ1) is 15.0. The molecular weight excluding hydrogens is 250 g/mol. The normalized spacial score (nSPS) is 19.8. The third-order valence-electron chi connectivity index (χ3n) is 3.87. The van der Waals surface area contributed by atoms with E-state index in [-0.39, 0.29) is 0 Å². The lowest BCUT2D eigenvalue weighted by Crippen LogP contribution is -2.35. The fourth-order valence-corrected chi connectivity index (χ4v) is 2.79. The molecule has 1 aliphatic rings. The van der Waals surface area contributed by atoms with Crippen LogP contribution in [0.2, 0.25) is 0 Å². The second-order valence-electron chi connectivity index (χ2n) is 5.79. The summed E-state index contributed by atoms with van der Waals surface area (Å²) in [5.74, 6) is 1.65. The van der Waals surface area contributed by atoms with Crippen molar-refractivity contribution in [2.45, 2.75) is 32.6 Å². The van der Waals surface area contributed by atoms with Gasteiger partial charge >= 0.3 is 0 Å². The van der Waals surface area contributed by atoms with Crippen LogP contribution in [0.3, 0.4) is 0 Å². The smallest absolute Gasteiger partial charge is 0.150 e. The van der Waals surface area contributed by atoms with Gasteiger partial charge in [-0.3, -0.25) is 4.79 Å². The molecule has 1 fully saturated rings. The lowest BCUT2D eigenvalue weighted by atomic mass is 10.0. The summed E-state index contributed by atoms with van der Waals surface area (Å²) in [5, 5.41) is 0. The molecule has 1 saturated heterocycles. The number of ether oxygens (including phenoxy) is 1. The van der Waals surface area contributed by atoms with E-state index in [1.165, 1.54) is 38.9 Å². The van der Waals surface area contributed by atoms with E-state index in [4.69, 9.17) is 4.74 Å². The van der Waals surface area contributed by atoms with Crippen molar-refractivity contribution in [3.05, 3.63) is 29.8 Å². The van der Waals surface area contributed by atoms with Gasteiger partial charge < -0.3 is 9.64 Å². The van der Waals surface area contributed by atoms with Crippen LogP contribution in [0.5, 0.6) is 5.75 Å². The second kappa shape index (κ2) is 8.05. The highest BCUT2D eigenvalue weighted by atomic mass is 16.5. The van der Waals surface area contributed by atoms with Gasteiger partial charge in [0.1, 0.15) is 12.0 Å². The molecule has 0 bridgehead atoms. The number of rotatable bonds is 7. The molecule has 110 valence electrons. The zero-order valence-electron chi connectivity index (χ0n) is 12.4. The van der Waals surface area contributed by atoms with Gasteiger partial charge in [0.25, 0.3) is 0 Å². The highest BCUT2D eigenvalue weighted by Crippen LogP contribution is 2.16. The van der Waals surface area contributed by atoms with Gasteiger partial charge in [-0.1, -0.05) is 19.1 Å². The zero-order chi connectivity index (χ0) is 14.2. The summed E-state index contributed by atoms with van der Waals surface area (Å²) in [6, 6.07) is 7.34. The Balaban J connectivity index is 1.60. The number of carbonyl (C=O) groups is 1. The lowest BCUT2D eigenvalue weighted by Gasteiger charge is -2.30. The van der Waals surface area contributed by atoms with Gasteiger partial charge in [-0.05, 0) is 56.8 Å². The molecule has 0 amide bonds. The molecule has 1 heterocycles. The van der Waals surface area contributed by atoms with Crippen LogP contribution in [0.1, 0.15) is 43.0 Å². The van der Waals surface area contributed by atoms with Crippen molar-refractivity contribution < 1.29 is 9.53 Å². The van der Waals surface area contributed by atoms with E-state index in [9.17, 15) is 4.79 Å². The molecule has 0 spiro atoms. The Hall–Kier alpha value is -1.35. The van der Waals surface area contributed by atoms with E-state index in [0.717, 1.165) is 31.0 Å². The summed E-state index contributed by atoms with van der Waals surface area (Å²) in [7, 11) is 0. The minimum atomic E-state index is 0.671. The minimum absolute atomic E-state index is 0.671. The Morgan fingerprint density at radius 1 is 1.40 bits per heavy atom. The maximum atomic E-state index is 10.7. The molecule has 3 heteroatoms. The highest BCUT2D eigenvalue weighted by Gasteiger charge is 2.15. The number of piperidine rings is 1. The first-order valence-electron chi connectivity index (χ1n) is 7.68. The molecule has 0 N–H and O–H groups in total. The number of hydrogen-bond acceptors (Lipinski definition) is 3. The van der Waals surface area contributed by atoms with Crippen LogP contribution in [-0.2, 0) is 0 Å². The van der Waals surface area contributed by atoms with Gasteiger partial charge in [0.15, 0.2) is 0 Å². The lowest BCUT2D eigenvalue weighted by molar-refractivity contribution is 0.112. The van der Waals surface area contributed by atoms with E-state index < -0.39 is 0 Å². The number of likely N-dealkylation sites (tertiary alicyclic amines) is 1. The van der Waals surface area contributed by atoms with Crippen molar-refractivity contribution in [3.63, 3.8) is 0 Å². The molecule has 20 heavy (non-hydrogen) atoms. The number of unbranched alkanes of at least 4 members (excludes halogenated alkanes) is 1. The van der Waals surface area contributed by atoms with Crippen LogP contribution in [0.15, 0.2) is 24.3 Å². The van der Waals surface area contributed by atoms with Crippen LogP contribution in [0, 0.1) is 5.92 Å². The largest absolute Gasteiger partial charge is 0.494 e. The van der Waals surface area contributed by atoms with Gasteiger partial charge in [-0.25, -0.2) is 0 Å². The predicted molar refractivity (Wildman–Crippen MR) is 81.4 cm³/mol. The zero-order valence-corrected chi connectivity index (χ0v) is 12.4. The maximum Gasteiger partial charge on any atom is 0.150 e. The molecule has 1 aliphatic heterocycles. The Morgan fingerprint density at radius 2 is 2.30 bits per heavy atom. The molecule has 2 rings (SSSR count). The van der Waals surface area contributed by atoms with Gasteiger partial charge in [-0.2, -0.15) is 0 Å². The summed E-state index contributed by atoms with van der Waals surface area (Å²) < 4.78 is 5.68. The Morgan fingerprint density at radius 3 is 3.10 bits per heavy atom. The Bertz CT molecular complexity index is 419. The van der Waals surface area contributed by atoms with Crippen LogP contribution in [0.4, 0.5) is 0 Å². The number of carbonyl (C=O) groups excluding carboxylic acids is 1. The number of nitrogens with zero attached hydrogens (tertiary/aromatic N) is 1. The third-order valence-corrected chi connectivity index (χ3v) is 3.87. The van der Waals surface area contributed by atoms with Gasteiger partial charge in [0.05, 0.1) is 6.61 Å². The topological polar surface area (TPSA) is 29.5 Å². The van der Waals surface area contributed by atoms with Crippen molar-refractivity contribution in [3.8, 4) is 5.75 Å². The maximum absolute atomic E-state index is 10.7. The summed E-state index contributed by atoms with van der Waals surface area (Å²) in [6.45, 7) is 6.76. The molecule has 1 atom stereocenters. The van der Waals surface area contributed by atoms with Crippen molar-refractivity contribution in [1.82, 2.24) is 4.90 Å². The first-order chi connectivity index (χ1) is 9.78. The monoisotopic (exact) mass is 275 g/mol. The molecule has 1 aromatic carbocycles. The molecule has 0 saturated carbocycles. The number of benzene rings is 1. The van der Waals surface area contributed by atoms with E-state index in [2.05, 4.69) is 11.8 Å².